The van der Waals surface area contributed by atoms with Gasteiger partial charge in [-0.2, -0.15) is 0 Å². The Hall–Kier alpha value is -1.32. The summed E-state index contributed by atoms with van der Waals surface area (Å²) < 4.78 is 6.77. The van der Waals surface area contributed by atoms with E-state index in [9.17, 15) is 5.11 Å². The van der Waals surface area contributed by atoms with Gasteiger partial charge in [0.05, 0.1) is 11.1 Å². The zero-order valence-corrected chi connectivity index (χ0v) is 12.7. The van der Waals surface area contributed by atoms with Crippen molar-refractivity contribution < 1.29 is 9.84 Å². The van der Waals surface area contributed by atoms with E-state index in [1.807, 2.05) is 24.3 Å². The van der Waals surface area contributed by atoms with Gasteiger partial charge >= 0.3 is 0 Å². The van der Waals surface area contributed by atoms with Crippen LogP contribution in [0.1, 0.15) is 22.3 Å². The van der Waals surface area contributed by atoms with E-state index in [1.54, 1.807) is 0 Å². The highest BCUT2D eigenvalue weighted by Crippen LogP contribution is 2.30. The zero-order chi connectivity index (χ0) is 13.8. The number of aryl methyl sites for hydroxylation is 2. The summed E-state index contributed by atoms with van der Waals surface area (Å²) in [4.78, 5) is 0. The first kappa shape index (κ1) is 14.1. The average Bonchev–Trinajstić information content (AvgIpc) is 2.39. The molecule has 19 heavy (non-hydrogen) atoms. The average molecular weight is 321 g/mol. The quantitative estimate of drug-likeness (QED) is 0.917. The maximum absolute atomic E-state index is 9.35. The van der Waals surface area contributed by atoms with Gasteiger partial charge in [-0.1, -0.05) is 30.3 Å². The van der Waals surface area contributed by atoms with Crippen LogP contribution in [0, 0.1) is 13.8 Å². The lowest BCUT2D eigenvalue weighted by Gasteiger charge is -2.14. The summed E-state index contributed by atoms with van der Waals surface area (Å²) in [6, 6.07) is 11.9. The summed E-state index contributed by atoms with van der Waals surface area (Å²) >= 11 is 3.46. The van der Waals surface area contributed by atoms with Crippen molar-refractivity contribution in [2.24, 2.45) is 0 Å². The first-order valence-corrected chi connectivity index (χ1v) is 6.99. The Morgan fingerprint density at radius 3 is 2.32 bits per heavy atom. The van der Waals surface area contributed by atoms with Crippen LogP contribution in [0.2, 0.25) is 0 Å². The molecular weight excluding hydrogens is 304 g/mol. The molecule has 100 valence electrons. The van der Waals surface area contributed by atoms with Crippen molar-refractivity contribution in [1.82, 2.24) is 0 Å². The molecule has 0 heterocycles. The molecule has 1 N–H and O–H groups in total. The molecule has 0 saturated heterocycles. The van der Waals surface area contributed by atoms with Crippen LogP contribution >= 0.6 is 15.9 Å². The van der Waals surface area contributed by atoms with Gasteiger partial charge in [-0.3, -0.25) is 0 Å². The molecule has 2 aromatic carbocycles. The SMILES string of the molecule is Cc1cccc(C)c1COc1c(Br)cccc1CO. The predicted molar refractivity (Wildman–Crippen MR) is 80.3 cm³/mol. The fraction of sp³-hybridized carbons (Fsp3) is 0.250. The summed E-state index contributed by atoms with van der Waals surface area (Å²) in [6.07, 6.45) is 0. The van der Waals surface area contributed by atoms with Gasteiger partial charge in [0.2, 0.25) is 0 Å². The Balaban J connectivity index is 2.24. The maximum atomic E-state index is 9.35. The van der Waals surface area contributed by atoms with E-state index in [-0.39, 0.29) is 6.61 Å². The Labute approximate surface area is 122 Å². The number of benzene rings is 2. The zero-order valence-electron chi connectivity index (χ0n) is 11.1. The second-order valence-corrected chi connectivity index (χ2v) is 5.40. The Bertz CT molecular complexity index is 559. The second-order valence-electron chi connectivity index (χ2n) is 4.55. The second kappa shape index (κ2) is 6.22. The number of para-hydroxylation sites is 1. The van der Waals surface area contributed by atoms with Gasteiger partial charge in [0.15, 0.2) is 0 Å². The van der Waals surface area contributed by atoms with Gasteiger partial charge in [-0.05, 0) is 52.5 Å². The van der Waals surface area contributed by atoms with E-state index in [4.69, 9.17) is 4.74 Å². The van der Waals surface area contributed by atoms with Crippen molar-refractivity contribution in [3.63, 3.8) is 0 Å². The molecule has 2 nitrogen and oxygen atoms in total. The number of hydrogen-bond acceptors (Lipinski definition) is 2. The highest BCUT2D eigenvalue weighted by molar-refractivity contribution is 9.10. The van der Waals surface area contributed by atoms with Crippen LogP contribution in [0.25, 0.3) is 0 Å². The van der Waals surface area contributed by atoms with Gasteiger partial charge < -0.3 is 9.84 Å². The molecule has 0 bridgehead atoms. The Kier molecular flexibility index (Phi) is 4.61. The summed E-state index contributed by atoms with van der Waals surface area (Å²) in [5, 5.41) is 9.35. The molecule has 0 aliphatic carbocycles. The van der Waals surface area contributed by atoms with E-state index in [0.29, 0.717) is 12.4 Å². The molecule has 0 aliphatic heterocycles. The van der Waals surface area contributed by atoms with Crippen LogP contribution in [-0.4, -0.2) is 5.11 Å². The van der Waals surface area contributed by atoms with Gasteiger partial charge in [-0.25, -0.2) is 0 Å². The molecule has 0 aromatic heterocycles. The molecule has 0 amide bonds. The van der Waals surface area contributed by atoms with E-state index in [2.05, 4.69) is 41.9 Å². The molecule has 0 unspecified atom stereocenters. The Morgan fingerprint density at radius 1 is 1.05 bits per heavy atom. The van der Waals surface area contributed by atoms with Gasteiger partial charge in [0.1, 0.15) is 12.4 Å². The minimum atomic E-state index is -0.0263. The number of aliphatic hydroxyl groups excluding tert-OH is 1. The van der Waals surface area contributed by atoms with Crippen LogP contribution in [0.3, 0.4) is 0 Å². The van der Waals surface area contributed by atoms with Crippen LogP contribution in [0.15, 0.2) is 40.9 Å². The summed E-state index contributed by atoms with van der Waals surface area (Å²) in [7, 11) is 0. The predicted octanol–water partition coefficient (Wildman–Crippen LogP) is 4.14. The molecule has 0 spiro atoms. The number of halogens is 1. The maximum Gasteiger partial charge on any atom is 0.139 e. The number of rotatable bonds is 4. The number of hydrogen-bond donors (Lipinski definition) is 1. The van der Waals surface area contributed by atoms with Gasteiger partial charge in [0, 0.05) is 5.56 Å². The van der Waals surface area contributed by atoms with Gasteiger partial charge in [-0.15, -0.1) is 0 Å². The number of aliphatic hydroxyl groups is 1. The van der Waals surface area contributed by atoms with E-state index >= 15 is 0 Å². The highest BCUT2D eigenvalue weighted by Gasteiger charge is 2.09. The number of ether oxygens (including phenoxy) is 1. The summed E-state index contributed by atoms with van der Waals surface area (Å²) in [5.41, 5.74) is 4.43. The third-order valence-corrected chi connectivity index (χ3v) is 3.85. The van der Waals surface area contributed by atoms with Gasteiger partial charge in [0.25, 0.3) is 0 Å². The molecule has 0 saturated carbocycles. The highest BCUT2D eigenvalue weighted by atomic mass is 79.9. The first-order chi connectivity index (χ1) is 9.13. The topological polar surface area (TPSA) is 29.5 Å². The molecule has 0 fully saturated rings. The van der Waals surface area contributed by atoms with E-state index in [0.717, 1.165) is 10.0 Å². The van der Waals surface area contributed by atoms with Crippen molar-refractivity contribution in [3.8, 4) is 5.75 Å². The third-order valence-electron chi connectivity index (χ3n) is 3.22. The fourth-order valence-corrected chi connectivity index (χ4v) is 2.58. The molecule has 0 radical (unpaired) electrons. The third kappa shape index (κ3) is 3.17. The summed E-state index contributed by atoms with van der Waals surface area (Å²) in [6.45, 7) is 4.65. The minimum absolute atomic E-state index is 0.0263. The monoisotopic (exact) mass is 320 g/mol. The standard InChI is InChI=1S/C16H17BrO2/c1-11-5-3-6-12(2)14(11)10-19-16-13(9-18)7-4-8-15(16)17/h3-8,18H,9-10H2,1-2H3. The van der Waals surface area contributed by atoms with E-state index in [1.165, 1.54) is 16.7 Å². The smallest absolute Gasteiger partial charge is 0.139 e. The van der Waals surface area contributed by atoms with Crippen molar-refractivity contribution >= 4 is 15.9 Å². The molecule has 3 heteroatoms. The van der Waals surface area contributed by atoms with Crippen LogP contribution in [0.5, 0.6) is 5.75 Å². The molecule has 0 atom stereocenters. The largest absolute Gasteiger partial charge is 0.487 e. The lowest BCUT2D eigenvalue weighted by atomic mass is 10.0. The van der Waals surface area contributed by atoms with Crippen LogP contribution in [-0.2, 0) is 13.2 Å². The van der Waals surface area contributed by atoms with Crippen molar-refractivity contribution in [3.05, 3.63) is 63.1 Å². The van der Waals surface area contributed by atoms with E-state index < -0.39 is 0 Å². The molecule has 2 rings (SSSR count). The fourth-order valence-electron chi connectivity index (χ4n) is 2.06. The first-order valence-electron chi connectivity index (χ1n) is 6.19. The van der Waals surface area contributed by atoms with Crippen molar-refractivity contribution in [1.29, 1.82) is 0 Å². The lowest BCUT2D eigenvalue weighted by molar-refractivity contribution is 0.257. The van der Waals surface area contributed by atoms with Crippen LogP contribution in [0.4, 0.5) is 0 Å². The minimum Gasteiger partial charge on any atom is -0.487 e. The Morgan fingerprint density at radius 2 is 1.68 bits per heavy atom. The molecule has 0 aliphatic rings. The normalized spacial score (nSPS) is 10.5. The summed E-state index contributed by atoms with van der Waals surface area (Å²) in [5.74, 6) is 0.715. The lowest BCUT2D eigenvalue weighted by Crippen LogP contribution is -2.03. The van der Waals surface area contributed by atoms with Crippen molar-refractivity contribution in [2.45, 2.75) is 27.1 Å². The molecular formula is C16H17BrO2. The van der Waals surface area contributed by atoms with Crippen LogP contribution < -0.4 is 4.74 Å². The molecule has 2 aromatic rings. The van der Waals surface area contributed by atoms with Crippen molar-refractivity contribution in [2.75, 3.05) is 0 Å².